The van der Waals surface area contributed by atoms with Crippen LogP contribution in [0.25, 0.3) is 0 Å². The second kappa shape index (κ2) is 6.62. The summed E-state index contributed by atoms with van der Waals surface area (Å²) in [5.74, 6) is -1.33. The first kappa shape index (κ1) is 14.6. The zero-order valence-corrected chi connectivity index (χ0v) is 9.40. The normalized spacial score (nSPS) is 7.92. The van der Waals surface area contributed by atoms with Gasteiger partial charge in [0, 0.05) is 17.4 Å². The fraction of sp³-hybridized carbons (Fsp3) is 0.143. The molecule has 0 bridgehead atoms. The second-order valence-corrected chi connectivity index (χ2v) is 1.70. The van der Waals surface area contributed by atoms with Crippen molar-refractivity contribution in [2.24, 2.45) is 0 Å². The average molecular weight is 247 g/mol. The quantitative estimate of drug-likeness (QED) is 0.429. The maximum absolute atomic E-state index is 12.4. The van der Waals surface area contributed by atoms with Gasteiger partial charge in [-0.05, 0) is 0 Å². The summed E-state index contributed by atoms with van der Waals surface area (Å²) >= 11 is 0. The van der Waals surface area contributed by atoms with Crippen molar-refractivity contribution in [2.45, 2.75) is 0 Å². The van der Waals surface area contributed by atoms with E-state index in [9.17, 15) is 8.78 Å². The molecule has 0 aromatic heterocycles. The molecule has 1 aromatic rings. The number of ether oxygens (including phenoxy) is 1. The van der Waals surface area contributed by atoms with E-state index in [0.29, 0.717) is 0 Å². The molecule has 0 fully saturated rings. The van der Waals surface area contributed by atoms with Gasteiger partial charge in [-0.2, -0.15) is 0 Å². The number of rotatable bonds is 1. The predicted octanol–water partition coefficient (Wildman–Crippen LogP) is -1.60. The molecular weight excluding hydrogens is 242 g/mol. The fourth-order valence-corrected chi connectivity index (χ4v) is 0.586. The van der Waals surface area contributed by atoms with E-state index in [2.05, 4.69) is 10.8 Å². The molecule has 1 nitrogen and oxygen atoms in total. The Bertz CT molecular complexity index is 245. The molecule has 0 unspecified atom stereocenters. The first-order valence-electron chi connectivity index (χ1n) is 2.65. The summed E-state index contributed by atoms with van der Waals surface area (Å²) in [6.07, 6.45) is 0. The molecule has 62 valence electrons. The molecule has 1 aromatic carbocycles. The predicted molar refractivity (Wildman–Crippen MR) is 37.5 cm³/mol. The molecule has 0 amide bonds. The van der Waals surface area contributed by atoms with Crippen molar-refractivity contribution in [2.75, 3.05) is 7.11 Å². The van der Waals surface area contributed by atoms with Crippen molar-refractivity contribution in [3.05, 3.63) is 29.8 Å². The standard InChI is InChI=1S/C7H5F2O.BrH.Mg/c1-10-7-4-5(8)2-3-6(7)9;;/h3-4H,1H3;1H;/q-1;;+2/p-1. The van der Waals surface area contributed by atoms with Gasteiger partial charge in [-0.1, -0.05) is 6.07 Å². The summed E-state index contributed by atoms with van der Waals surface area (Å²) in [6.45, 7) is 0. The average Bonchev–Trinajstić information content (AvgIpc) is 1.94. The van der Waals surface area contributed by atoms with Crippen LogP contribution in [0.4, 0.5) is 8.78 Å². The SMILES string of the molecule is COc1cc(F)[c-]cc1F.[Br-].[Mg+2]. The molecule has 0 atom stereocenters. The summed E-state index contributed by atoms with van der Waals surface area (Å²) in [4.78, 5) is 0. The van der Waals surface area contributed by atoms with E-state index in [4.69, 9.17) is 0 Å². The van der Waals surface area contributed by atoms with E-state index in [1.807, 2.05) is 0 Å². The summed E-state index contributed by atoms with van der Waals surface area (Å²) in [7, 11) is 1.28. The van der Waals surface area contributed by atoms with Gasteiger partial charge >= 0.3 is 23.1 Å². The van der Waals surface area contributed by atoms with Crippen molar-refractivity contribution < 1.29 is 30.5 Å². The number of halogens is 3. The Kier molecular flexibility index (Phi) is 8.08. The molecule has 0 radical (unpaired) electrons. The topological polar surface area (TPSA) is 9.23 Å². The van der Waals surface area contributed by atoms with Crippen molar-refractivity contribution in [3.8, 4) is 5.75 Å². The Balaban J connectivity index is 0. The van der Waals surface area contributed by atoms with Crippen LogP contribution < -0.4 is 21.7 Å². The molecule has 12 heavy (non-hydrogen) atoms. The summed E-state index contributed by atoms with van der Waals surface area (Å²) < 4.78 is 29.2. The van der Waals surface area contributed by atoms with E-state index < -0.39 is 11.6 Å². The Morgan fingerprint density at radius 1 is 1.42 bits per heavy atom. The van der Waals surface area contributed by atoms with E-state index >= 15 is 0 Å². The molecule has 0 spiro atoms. The van der Waals surface area contributed by atoms with Gasteiger partial charge in [-0.15, -0.1) is 12.1 Å². The van der Waals surface area contributed by atoms with Gasteiger partial charge in [0.15, 0.2) is 0 Å². The fourth-order valence-electron chi connectivity index (χ4n) is 0.586. The number of hydrogen-bond acceptors (Lipinski definition) is 1. The van der Waals surface area contributed by atoms with Gasteiger partial charge in [0.25, 0.3) is 0 Å². The van der Waals surface area contributed by atoms with E-state index in [1.54, 1.807) is 0 Å². The van der Waals surface area contributed by atoms with Crippen LogP contribution in [0.3, 0.4) is 0 Å². The van der Waals surface area contributed by atoms with Crippen molar-refractivity contribution in [1.29, 1.82) is 0 Å². The van der Waals surface area contributed by atoms with Crippen LogP contribution in [0.2, 0.25) is 0 Å². The minimum absolute atomic E-state index is 0. The minimum atomic E-state index is -0.627. The third kappa shape index (κ3) is 3.69. The summed E-state index contributed by atoms with van der Waals surface area (Å²) in [5, 5.41) is 0. The van der Waals surface area contributed by atoms with Gasteiger partial charge < -0.3 is 21.7 Å². The third-order valence-electron chi connectivity index (χ3n) is 1.05. The molecule has 0 aliphatic rings. The van der Waals surface area contributed by atoms with Crippen molar-refractivity contribution >= 4 is 23.1 Å². The van der Waals surface area contributed by atoms with E-state index in [-0.39, 0.29) is 45.8 Å². The Hall–Kier alpha value is 0.126. The third-order valence-corrected chi connectivity index (χ3v) is 1.05. The largest absolute Gasteiger partial charge is 2.00 e. The summed E-state index contributed by atoms with van der Waals surface area (Å²) in [5.41, 5.74) is 0. The van der Waals surface area contributed by atoms with Gasteiger partial charge in [-0.25, -0.2) is 4.39 Å². The Morgan fingerprint density at radius 3 is 2.42 bits per heavy atom. The van der Waals surface area contributed by atoms with E-state index in [0.717, 1.165) is 12.1 Å². The second-order valence-electron chi connectivity index (χ2n) is 1.70. The van der Waals surface area contributed by atoms with Crippen LogP contribution in [0.1, 0.15) is 0 Å². The van der Waals surface area contributed by atoms with Gasteiger partial charge in [-0.3, -0.25) is 4.39 Å². The van der Waals surface area contributed by atoms with Crippen LogP contribution in [0.15, 0.2) is 12.1 Å². The van der Waals surface area contributed by atoms with Crippen LogP contribution in [0.5, 0.6) is 5.75 Å². The van der Waals surface area contributed by atoms with Crippen LogP contribution in [-0.4, -0.2) is 30.2 Å². The maximum atomic E-state index is 12.4. The van der Waals surface area contributed by atoms with Crippen LogP contribution >= 0.6 is 0 Å². The Labute approximate surface area is 96.0 Å². The van der Waals surface area contributed by atoms with E-state index in [1.165, 1.54) is 7.11 Å². The first-order chi connectivity index (χ1) is 4.74. The molecule has 0 aliphatic carbocycles. The summed E-state index contributed by atoms with van der Waals surface area (Å²) in [6, 6.07) is 3.89. The van der Waals surface area contributed by atoms with Crippen molar-refractivity contribution in [1.82, 2.24) is 0 Å². The zero-order valence-electron chi connectivity index (χ0n) is 6.40. The molecule has 0 N–H and O–H groups in total. The number of benzene rings is 1. The first-order valence-corrected chi connectivity index (χ1v) is 2.65. The molecule has 5 heteroatoms. The Morgan fingerprint density at radius 2 is 2.00 bits per heavy atom. The molecule has 1 rings (SSSR count). The molecule has 0 heterocycles. The van der Waals surface area contributed by atoms with Gasteiger partial charge in [0.2, 0.25) is 0 Å². The molecular formula is C7H5BrF2MgO. The minimum Gasteiger partial charge on any atom is -1.00 e. The smallest absolute Gasteiger partial charge is 1.00 e. The molecule has 0 saturated heterocycles. The molecule has 0 saturated carbocycles. The van der Waals surface area contributed by atoms with Crippen LogP contribution in [-0.2, 0) is 0 Å². The monoisotopic (exact) mass is 246 g/mol. The zero-order chi connectivity index (χ0) is 7.56. The maximum Gasteiger partial charge on any atom is 2.00 e. The molecule has 0 aliphatic heterocycles. The van der Waals surface area contributed by atoms with Crippen LogP contribution in [0, 0.1) is 17.7 Å². The number of hydrogen-bond donors (Lipinski definition) is 0. The number of methoxy groups -OCH3 is 1. The van der Waals surface area contributed by atoms with Gasteiger partial charge in [0.05, 0.1) is 7.11 Å². The van der Waals surface area contributed by atoms with Gasteiger partial charge in [0.1, 0.15) is 0 Å². The van der Waals surface area contributed by atoms with Crippen molar-refractivity contribution in [3.63, 3.8) is 0 Å².